The first-order valence-electron chi connectivity index (χ1n) is 5.36. The highest BCUT2D eigenvalue weighted by molar-refractivity contribution is 6.32. The largest absolute Gasteiger partial charge is 0.490 e. The highest BCUT2D eigenvalue weighted by Crippen LogP contribution is 2.25. The van der Waals surface area contributed by atoms with Crippen LogP contribution in [0.1, 0.15) is 23.2 Å². The number of hydrogen-bond donors (Lipinski definition) is 1. The lowest BCUT2D eigenvalue weighted by atomic mass is 10.2. The maximum absolute atomic E-state index is 11.0. The fraction of sp³-hybridized carbons (Fsp3) is 0.333. The Balaban J connectivity index is 1.94. The summed E-state index contributed by atoms with van der Waals surface area (Å²) in [4.78, 5) is 21.5. The van der Waals surface area contributed by atoms with Gasteiger partial charge in [0, 0.05) is 12.0 Å². The summed E-state index contributed by atoms with van der Waals surface area (Å²) >= 11 is 5.95. The zero-order chi connectivity index (χ0) is 12.3. The van der Waals surface area contributed by atoms with Gasteiger partial charge in [0.05, 0.1) is 11.1 Å². The third kappa shape index (κ3) is 2.97. The second-order valence-electron chi connectivity index (χ2n) is 3.92. The van der Waals surface area contributed by atoms with Gasteiger partial charge in [0.15, 0.2) is 0 Å². The Morgan fingerprint density at radius 3 is 2.94 bits per heavy atom. The number of nitrogens with one attached hydrogen (secondary N) is 1. The van der Waals surface area contributed by atoms with Crippen molar-refractivity contribution in [2.24, 2.45) is 0 Å². The van der Waals surface area contributed by atoms with E-state index < -0.39 is 0 Å². The number of carbonyl (C=O) groups is 2. The molecule has 0 aliphatic carbocycles. The van der Waals surface area contributed by atoms with Crippen molar-refractivity contribution in [3.63, 3.8) is 0 Å². The highest BCUT2D eigenvalue weighted by Gasteiger charge is 2.21. The van der Waals surface area contributed by atoms with E-state index in [2.05, 4.69) is 5.32 Å². The van der Waals surface area contributed by atoms with Gasteiger partial charge in [-0.2, -0.15) is 0 Å². The third-order valence-corrected chi connectivity index (χ3v) is 2.91. The molecule has 1 atom stereocenters. The normalized spacial score (nSPS) is 18.9. The quantitative estimate of drug-likeness (QED) is 0.833. The second-order valence-corrected chi connectivity index (χ2v) is 4.33. The van der Waals surface area contributed by atoms with Gasteiger partial charge in [0.25, 0.3) is 0 Å². The predicted molar refractivity (Wildman–Crippen MR) is 63.5 cm³/mol. The smallest absolute Gasteiger partial charge is 0.220 e. The van der Waals surface area contributed by atoms with E-state index in [1.54, 1.807) is 18.2 Å². The SMILES string of the molecule is O=Cc1ccc(OCC2CCC(=O)N2)c(Cl)c1. The first-order valence-corrected chi connectivity index (χ1v) is 5.74. The molecule has 1 amide bonds. The van der Waals surface area contributed by atoms with E-state index in [-0.39, 0.29) is 11.9 Å². The lowest BCUT2D eigenvalue weighted by molar-refractivity contribution is -0.119. The zero-order valence-electron chi connectivity index (χ0n) is 9.11. The number of amides is 1. The minimum atomic E-state index is 0.0457. The van der Waals surface area contributed by atoms with Gasteiger partial charge in [0.2, 0.25) is 5.91 Å². The summed E-state index contributed by atoms with van der Waals surface area (Å²) in [6.45, 7) is 0.395. The van der Waals surface area contributed by atoms with Crippen molar-refractivity contribution < 1.29 is 14.3 Å². The van der Waals surface area contributed by atoms with Crippen LogP contribution >= 0.6 is 11.6 Å². The standard InChI is InChI=1S/C12H12ClNO3/c13-10-5-8(6-15)1-3-11(10)17-7-9-2-4-12(16)14-9/h1,3,5-6,9H,2,4,7H2,(H,14,16). The summed E-state index contributed by atoms with van der Waals surface area (Å²) < 4.78 is 5.51. The van der Waals surface area contributed by atoms with Crippen molar-refractivity contribution in [1.82, 2.24) is 5.32 Å². The van der Waals surface area contributed by atoms with E-state index in [9.17, 15) is 9.59 Å². The molecular weight excluding hydrogens is 242 g/mol. The Bertz CT molecular complexity index is 447. The molecule has 0 bridgehead atoms. The van der Waals surface area contributed by atoms with Crippen molar-refractivity contribution in [1.29, 1.82) is 0 Å². The first-order chi connectivity index (χ1) is 8.19. The molecule has 1 N–H and O–H groups in total. The van der Waals surface area contributed by atoms with Crippen LogP contribution in [0.3, 0.4) is 0 Å². The summed E-state index contributed by atoms with van der Waals surface area (Å²) in [7, 11) is 0. The van der Waals surface area contributed by atoms with E-state index in [0.717, 1.165) is 12.7 Å². The molecular formula is C12H12ClNO3. The molecule has 1 unspecified atom stereocenters. The predicted octanol–water partition coefficient (Wildman–Crippen LogP) is 1.81. The minimum Gasteiger partial charge on any atom is -0.490 e. The van der Waals surface area contributed by atoms with Crippen LogP contribution in [0.4, 0.5) is 0 Å². The molecule has 5 heteroatoms. The van der Waals surface area contributed by atoms with Crippen LogP contribution in [0.2, 0.25) is 5.02 Å². The van der Waals surface area contributed by atoms with Crippen molar-refractivity contribution >= 4 is 23.8 Å². The average molecular weight is 254 g/mol. The third-order valence-electron chi connectivity index (χ3n) is 2.62. The highest BCUT2D eigenvalue weighted by atomic mass is 35.5. The van der Waals surface area contributed by atoms with E-state index in [0.29, 0.717) is 29.4 Å². The van der Waals surface area contributed by atoms with E-state index in [4.69, 9.17) is 16.3 Å². The molecule has 4 nitrogen and oxygen atoms in total. The van der Waals surface area contributed by atoms with Gasteiger partial charge in [-0.25, -0.2) is 0 Å². The average Bonchev–Trinajstić information content (AvgIpc) is 2.73. The van der Waals surface area contributed by atoms with Crippen molar-refractivity contribution in [2.45, 2.75) is 18.9 Å². The van der Waals surface area contributed by atoms with Crippen LogP contribution in [0, 0.1) is 0 Å². The molecule has 0 radical (unpaired) electrons. The van der Waals surface area contributed by atoms with Crippen molar-refractivity contribution in [3.05, 3.63) is 28.8 Å². The van der Waals surface area contributed by atoms with E-state index >= 15 is 0 Å². The zero-order valence-corrected chi connectivity index (χ0v) is 9.87. The Kier molecular flexibility index (Phi) is 3.64. The van der Waals surface area contributed by atoms with Crippen LogP contribution in [0.15, 0.2) is 18.2 Å². The Morgan fingerprint density at radius 2 is 2.35 bits per heavy atom. The Labute approximate surface area is 104 Å². The monoisotopic (exact) mass is 253 g/mol. The molecule has 0 spiro atoms. The Morgan fingerprint density at radius 1 is 1.53 bits per heavy atom. The van der Waals surface area contributed by atoms with Gasteiger partial charge in [-0.15, -0.1) is 0 Å². The molecule has 17 heavy (non-hydrogen) atoms. The van der Waals surface area contributed by atoms with Crippen LogP contribution in [-0.4, -0.2) is 24.8 Å². The van der Waals surface area contributed by atoms with Crippen LogP contribution in [0.5, 0.6) is 5.75 Å². The maximum atomic E-state index is 11.0. The molecule has 1 aromatic rings. The summed E-state index contributed by atoms with van der Waals surface area (Å²) in [5.74, 6) is 0.583. The lowest BCUT2D eigenvalue weighted by Crippen LogP contribution is -2.30. The van der Waals surface area contributed by atoms with Crippen molar-refractivity contribution in [2.75, 3.05) is 6.61 Å². The molecule has 1 fully saturated rings. The molecule has 90 valence electrons. The van der Waals surface area contributed by atoms with Gasteiger partial charge >= 0.3 is 0 Å². The van der Waals surface area contributed by atoms with Crippen LogP contribution in [0.25, 0.3) is 0 Å². The van der Waals surface area contributed by atoms with Gasteiger partial charge in [0.1, 0.15) is 18.6 Å². The summed E-state index contributed by atoms with van der Waals surface area (Å²) in [6.07, 6.45) is 2.06. The first kappa shape index (κ1) is 11.9. The number of carbonyl (C=O) groups excluding carboxylic acids is 2. The summed E-state index contributed by atoms with van der Waals surface area (Å²) in [6, 6.07) is 4.89. The fourth-order valence-electron chi connectivity index (χ4n) is 1.70. The summed E-state index contributed by atoms with van der Waals surface area (Å²) in [5.41, 5.74) is 0.511. The number of benzene rings is 1. The second kappa shape index (κ2) is 5.19. The topological polar surface area (TPSA) is 55.4 Å². The maximum Gasteiger partial charge on any atom is 0.220 e. The molecule has 1 heterocycles. The van der Waals surface area contributed by atoms with Crippen LogP contribution in [-0.2, 0) is 4.79 Å². The fourth-order valence-corrected chi connectivity index (χ4v) is 1.94. The van der Waals surface area contributed by atoms with Gasteiger partial charge in [-0.1, -0.05) is 11.6 Å². The molecule has 1 saturated heterocycles. The molecule has 1 aromatic carbocycles. The molecule has 1 aliphatic rings. The Hall–Kier alpha value is -1.55. The molecule has 1 aliphatic heterocycles. The summed E-state index contributed by atoms with van der Waals surface area (Å²) in [5, 5.41) is 3.20. The van der Waals surface area contributed by atoms with E-state index in [1.807, 2.05) is 0 Å². The minimum absolute atomic E-state index is 0.0457. The van der Waals surface area contributed by atoms with Gasteiger partial charge < -0.3 is 10.1 Å². The van der Waals surface area contributed by atoms with Crippen molar-refractivity contribution in [3.8, 4) is 5.75 Å². The number of aldehydes is 1. The van der Waals surface area contributed by atoms with Crippen LogP contribution < -0.4 is 10.1 Å². The lowest BCUT2D eigenvalue weighted by Gasteiger charge is -2.13. The molecule has 2 rings (SSSR count). The number of rotatable bonds is 4. The van der Waals surface area contributed by atoms with Gasteiger partial charge in [-0.3, -0.25) is 9.59 Å². The number of hydrogen-bond acceptors (Lipinski definition) is 3. The van der Waals surface area contributed by atoms with Gasteiger partial charge in [-0.05, 0) is 24.6 Å². The molecule has 0 saturated carbocycles. The number of ether oxygens (including phenoxy) is 1. The van der Waals surface area contributed by atoms with E-state index in [1.165, 1.54) is 0 Å². The number of halogens is 1. The molecule has 0 aromatic heterocycles.